The van der Waals surface area contributed by atoms with Gasteiger partial charge in [0.1, 0.15) is 6.61 Å². The molecule has 148 valence electrons. The van der Waals surface area contributed by atoms with Crippen molar-refractivity contribution in [3.63, 3.8) is 0 Å². The Morgan fingerprint density at radius 1 is 0.821 bits per heavy atom. The minimum Gasteiger partial charge on any atom is -0.493 e. The summed E-state index contributed by atoms with van der Waals surface area (Å²) < 4.78 is 11.4. The van der Waals surface area contributed by atoms with Crippen LogP contribution in [0.15, 0.2) is 66.7 Å². The number of halogens is 3. The highest BCUT2D eigenvalue weighted by molar-refractivity contribution is 6.31. The van der Waals surface area contributed by atoms with Crippen LogP contribution in [-0.2, 0) is 19.7 Å². The van der Waals surface area contributed by atoms with Crippen LogP contribution in [0.1, 0.15) is 16.7 Å². The van der Waals surface area contributed by atoms with Gasteiger partial charge in [-0.05, 0) is 47.0 Å². The topological polar surface area (TPSA) is 30.5 Å². The van der Waals surface area contributed by atoms with E-state index in [0.29, 0.717) is 36.2 Å². The van der Waals surface area contributed by atoms with E-state index >= 15 is 0 Å². The van der Waals surface area contributed by atoms with E-state index in [1.165, 1.54) is 0 Å². The third-order valence-electron chi connectivity index (χ3n) is 4.14. The van der Waals surface area contributed by atoms with Gasteiger partial charge < -0.3 is 14.8 Å². The van der Waals surface area contributed by atoms with Crippen LogP contribution in [0.25, 0.3) is 0 Å². The number of nitrogens with one attached hydrogen (secondary N) is 1. The van der Waals surface area contributed by atoms with Gasteiger partial charge in [0.15, 0.2) is 11.5 Å². The highest BCUT2D eigenvalue weighted by Gasteiger charge is 2.07. The van der Waals surface area contributed by atoms with E-state index in [-0.39, 0.29) is 12.4 Å². The van der Waals surface area contributed by atoms with Crippen LogP contribution < -0.4 is 14.8 Å². The molecule has 3 nitrogen and oxygen atoms in total. The minimum absolute atomic E-state index is 0. The monoisotopic (exact) mass is 437 g/mol. The van der Waals surface area contributed by atoms with Gasteiger partial charge in [0.05, 0.1) is 7.11 Å². The lowest BCUT2D eigenvalue weighted by Crippen LogP contribution is -2.13. The molecule has 0 spiro atoms. The number of ether oxygens (including phenoxy) is 2. The van der Waals surface area contributed by atoms with Crippen LogP contribution in [0, 0.1) is 0 Å². The van der Waals surface area contributed by atoms with Gasteiger partial charge in [-0.15, -0.1) is 12.4 Å². The zero-order chi connectivity index (χ0) is 19.1. The first-order chi connectivity index (χ1) is 13.2. The van der Waals surface area contributed by atoms with Crippen molar-refractivity contribution in [3.05, 3.63) is 93.5 Å². The fraction of sp³-hybridized carbons (Fsp3) is 0.182. The molecule has 3 aromatic rings. The standard InChI is InChI=1S/C22H21Cl2NO2.ClH/c1-26-22-12-17(13-25-14-18-4-2-3-5-20(18)24)8-11-21(22)27-15-16-6-9-19(23)10-7-16;/h2-12,25H,13-15H2,1H3;1H. The summed E-state index contributed by atoms with van der Waals surface area (Å²) in [6.45, 7) is 1.87. The molecule has 28 heavy (non-hydrogen) atoms. The van der Waals surface area contributed by atoms with E-state index in [9.17, 15) is 0 Å². The van der Waals surface area contributed by atoms with Crippen LogP contribution in [0.5, 0.6) is 11.5 Å². The first-order valence-corrected chi connectivity index (χ1v) is 9.39. The summed E-state index contributed by atoms with van der Waals surface area (Å²) >= 11 is 12.1. The van der Waals surface area contributed by atoms with Gasteiger partial charge >= 0.3 is 0 Å². The highest BCUT2D eigenvalue weighted by Crippen LogP contribution is 2.29. The molecule has 1 N–H and O–H groups in total. The lowest BCUT2D eigenvalue weighted by Gasteiger charge is -2.13. The van der Waals surface area contributed by atoms with Crippen molar-refractivity contribution in [2.24, 2.45) is 0 Å². The number of hydrogen-bond acceptors (Lipinski definition) is 3. The Bertz CT molecular complexity index is 885. The van der Waals surface area contributed by atoms with Gasteiger partial charge in [0.25, 0.3) is 0 Å². The molecule has 0 aliphatic rings. The molecule has 0 saturated heterocycles. The van der Waals surface area contributed by atoms with E-state index in [4.69, 9.17) is 32.7 Å². The second-order valence-electron chi connectivity index (χ2n) is 6.10. The normalized spacial score (nSPS) is 10.2. The zero-order valence-electron chi connectivity index (χ0n) is 15.5. The van der Waals surface area contributed by atoms with E-state index in [1.54, 1.807) is 7.11 Å². The van der Waals surface area contributed by atoms with Crippen molar-refractivity contribution in [2.75, 3.05) is 7.11 Å². The van der Waals surface area contributed by atoms with Gasteiger partial charge in [-0.3, -0.25) is 0 Å². The Hall–Kier alpha value is -1.91. The first kappa shape index (κ1) is 22.4. The molecule has 0 atom stereocenters. The molecule has 3 rings (SSSR count). The number of benzene rings is 3. The van der Waals surface area contributed by atoms with Gasteiger partial charge in [-0.25, -0.2) is 0 Å². The van der Waals surface area contributed by atoms with E-state index in [1.807, 2.05) is 66.7 Å². The molecule has 0 aromatic heterocycles. The van der Waals surface area contributed by atoms with Gasteiger partial charge in [0, 0.05) is 23.1 Å². The fourth-order valence-corrected chi connectivity index (χ4v) is 2.99. The van der Waals surface area contributed by atoms with Crippen LogP contribution in [0.4, 0.5) is 0 Å². The Morgan fingerprint density at radius 2 is 1.54 bits per heavy atom. The average Bonchev–Trinajstić information content (AvgIpc) is 2.69. The quantitative estimate of drug-likeness (QED) is 0.448. The van der Waals surface area contributed by atoms with Crippen LogP contribution in [-0.4, -0.2) is 7.11 Å². The van der Waals surface area contributed by atoms with Crippen LogP contribution in [0.2, 0.25) is 10.0 Å². The lowest BCUT2D eigenvalue weighted by atomic mass is 10.2. The number of rotatable bonds is 8. The predicted molar refractivity (Wildman–Crippen MR) is 118 cm³/mol. The van der Waals surface area contributed by atoms with Crippen molar-refractivity contribution in [3.8, 4) is 11.5 Å². The summed E-state index contributed by atoms with van der Waals surface area (Å²) in [6, 6.07) is 21.4. The number of methoxy groups -OCH3 is 1. The van der Waals surface area contributed by atoms with Crippen LogP contribution >= 0.6 is 35.6 Å². The lowest BCUT2D eigenvalue weighted by molar-refractivity contribution is 0.284. The largest absolute Gasteiger partial charge is 0.493 e. The van der Waals surface area contributed by atoms with Crippen molar-refractivity contribution in [1.82, 2.24) is 5.32 Å². The Labute approximate surface area is 182 Å². The maximum atomic E-state index is 6.18. The SMILES string of the molecule is COc1cc(CNCc2ccccc2Cl)ccc1OCc1ccc(Cl)cc1.Cl. The van der Waals surface area contributed by atoms with Gasteiger partial charge in [0.2, 0.25) is 0 Å². The Kier molecular flexibility index (Phi) is 8.94. The molecule has 0 fully saturated rings. The third kappa shape index (κ3) is 6.32. The van der Waals surface area contributed by atoms with Crippen molar-refractivity contribution in [1.29, 1.82) is 0 Å². The second kappa shape index (κ2) is 11.2. The van der Waals surface area contributed by atoms with Crippen molar-refractivity contribution in [2.45, 2.75) is 19.7 Å². The molecule has 0 saturated carbocycles. The molecule has 0 aliphatic heterocycles. The second-order valence-corrected chi connectivity index (χ2v) is 6.94. The molecular formula is C22H22Cl3NO2. The number of hydrogen-bond donors (Lipinski definition) is 1. The Balaban J connectivity index is 0.00000280. The summed E-state index contributed by atoms with van der Waals surface area (Å²) in [7, 11) is 1.64. The van der Waals surface area contributed by atoms with E-state index in [0.717, 1.165) is 21.7 Å². The molecule has 0 amide bonds. The summed E-state index contributed by atoms with van der Waals surface area (Å²) in [5.74, 6) is 1.42. The Morgan fingerprint density at radius 3 is 2.25 bits per heavy atom. The van der Waals surface area contributed by atoms with E-state index < -0.39 is 0 Å². The molecule has 0 heterocycles. The van der Waals surface area contributed by atoms with E-state index in [2.05, 4.69) is 5.32 Å². The average molecular weight is 439 g/mol. The van der Waals surface area contributed by atoms with Gasteiger partial charge in [-0.1, -0.05) is 59.6 Å². The minimum atomic E-state index is 0. The molecule has 0 unspecified atom stereocenters. The van der Waals surface area contributed by atoms with Crippen molar-refractivity contribution < 1.29 is 9.47 Å². The fourth-order valence-electron chi connectivity index (χ4n) is 2.67. The molecule has 6 heteroatoms. The third-order valence-corrected chi connectivity index (χ3v) is 4.76. The maximum Gasteiger partial charge on any atom is 0.161 e. The molecule has 0 radical (unpaired) electrons. The smallest absolute Gasteiger partial charge is 0.161 e. The summed E-state index contributed by atoms with van der Waals surface area (Å²) in [5.41, 5.74) is 3.23. The van der Waals surface area contributed by atoms with Gasteiger partial charge in [-0.2, -0.15) is 0 Å². The highest BCUT2D eigenvalue weighted by atomic mass is 35.5. The van der Waals surface area contributed by atoms with Crippen molar-refractivity contribution >= 4 is 35.6 Å². The summed E-state index contributed by atoms with van der Waals surface area (Å²) in [4.78, 5) is 0. The summed E-state index contributed by atoms with van der Waals surface area (Å²) in [5, 5.41) is 4.88. The van der Waals surface area contributed by atoms with Crippen LogP contribution in [0.3, 0.4) is 0 Å². The molecular weight excluding hydrogens is 417 g/mol. The summed E-state index contributed by atoms with van der Waals surface area (Å²) in [6.07, 6.45) is 0. The predicted octanol–water partition coefficient (Wildman–Crippen LogP) is 6.29. The maximum absolute atomic E-state index is 6.18. The molecule has 0 bridgehead atoms. The molecule has 3 aromatic carbocycles. The zero-order valence-corrected chi connectivity index (χ0v) is 17.8. The molecule has 0 aliphatic carbocycles. The first-order valence-electron chi connectivity index (χ1n) is 8.64.